The van der Waals surface area contributed by atoms with E-state index in [1.54, 1.807) is 37.0 Å². The third-order valence-electron chi connectivity index (χ3n) is 1.75. The van der Waals surface area contributed by atoms with Gasteiger partial charge in [0.15, 0.2) is 0 Å². The normalized spacial score (nSPS) is 9.31. The number of hydrogen-bond acceptors (Lipinski definition) is 2. The van der Waals surface area contributed by atoms with Crippen molar-refractivity contribution in [1.29, 1.82) is 5.26 Å². The minimum Gasteiger partial charge on any atom is -0.347 e. The zero-order valence-corrected chi connectivity index (χ0v) is 7.69. The zero-order valence-electron chi connectivity index (χ0n) is 7.69. The fraction of sp³-hybridized carbons (Fsp3) is 0.333. The second kappa shape index (κ2) is 3.76. The molecule has 1 amide bonds. The Morgan fingerprint density at radius 1 is 1.69 bits per heavy atom. The van der Waals surface area contributed by atoms with Crippen molar-refractivity contribution in [1.82, 2.24) is 9.47 Å². The van der Waals surface area contributed by atoms with E-state index in [9.17, 15) is 4.79 Å². The monoisotopic (exact) mass is 177 g/mol. The maximum absolute atomic E-state index is 11.3. The summed E-state index contributed by atoms with van der Waals surface area (Å²) in [5, 5.41) is 8.66. The van der Waals surface area contributed by atoms with Crippen molar-refractivity contribution in [2.75, 3.05) is 14.1 Å². The van der Waals surface area contributed by atoms with Crippen LogP contribution in [0.1, 0.15) is 5.69 Å². The summed E-state index contributed by atoms with van der Waals surface area (Å²) >= 11 is 0. The standard InChI is InChI=1S/C9H11N3O/c1-11(2)9(13)7-12-5-3-4-8(12)6-10/h3-5H,7H2,1-2H3. The van der Waals surface area contributed by atoms with Gasteiger partial charge in [-0.1, -0.05) is 0 Å². The van der Waals surface area contributed by atoms with Crippen molar-refractivity contribution in [3.05, 3.63) is 24.0 Å². The first-order valence-corrected chi connectivity index (χ1v) is 3.90. The molecule has 0 aliphatic carbocycles. The first kappa shape index (κ1) is 9.33. The van der Waals surface area contributed by atoms with Gasteiger partial charge >= 0.3 is 0 Å². The molecule has 0 saturated carbocycles. The molecular weight excluding hydrogens is 166 g/mol. The maximum Gasteiger partial charge on any atom is 0.242 e. The Balaban J connectivity index is 2.76. The van der Waals surface area contributed by atoms with Gasteiger partial charge in [-0.2, -0.15) is 5.26 Å². The molecule has 1 aromatic heterocycles. The average Bonchev–Trinajstić information content (AvgIpc) is 2.51. The molecule has 1 rings (SSSR count). The molecule has 0 unspecified atom stereocenters. The maximum atomic E-state index is 11.3. The number of carbonyl (C=O) groups excluding carboxylic acids is 1. The van der Waals surface area contributed by atoms with Crippen LogP contribution in [-0.2, 0) is 11.3 Å². The molecule has 0 aliphatic rings. The Morgan fingerprint density at radius 2 is 2.38 bits per heavy atom. The minimum absolute atomic E-state index is 0.0206. The Labute approximate surface area is 77.0 Å². The third kappa shape index (κ3) is 2.09. The molecule has 68 valence electrons. The van der Waals surface area contributed by atoms with E-state index in [0.29, 0.717) is 5.69 Å². The van der Waals surface area contributed by atoms with Gasteiger partial charge in [0, 0.05) is 20.3 Å². The number of hydrogen-bond donors (Lipinski definition) is 0. The molecule has 0 N–H and O–H groups in total. The van der Waals surface area contributed by atoms with E-state index in [2.05, 4.69) is 0 Å². The number of aromatic nitrogens is 1. The van der Waals surface area contributed by atoms with Crippen LogP contribution in [0.5, 0.6) is 0 Å². The van der Waals surface area contributed by atoms with Crippen LogP contribution in [0.2, 0.25) is 0 Å². The van der Waals surface area contributed by atoms with E-state index in [4.69, 9.17) is 5.26 Å². The molecule has 4 heteroatoms. The van der Waals surface area contributed by atoms with Crippen LogP contribution in [0.15, 0.2) is 18.3 Å². The first-order valence-electron chi connectivity index (χ1n) is 3.90. The van der Waals surface area contributed by atoms with Crippen LogP contribution in [0, 0.1) is 11.3 Å². The van der Waals surface area contributed by atoms with Gasteiger partial charge < -0.3 is 9.47 Å². The minimum atomic E-state index is -0.0206. The molecular formula is C9H11N3O. The van der Waals surface area contributed by atoms with Crippen molar-refractivity contribution >= 4 is 5.91 Å². The highest BCUT2D eigenvalue weighted by atomic mass is 16.2. The molecule has 0 aromatic carbocycles. The van der Waals surface area contributed by atoms with Gasteiger partial charge in [-0.15, -0.1) is 0 Å². The van der Waals surface area contributed by atoms with Gasteiger partial charge in [0.25, 0.3) is 0 Å². The molecule has 4 nitrogen and oxygen atoms in total. The average molecular weight is 177 g/mol. The highest BCUT2D eigenvalue weighted by Crippen LogP contribution is 2.00. The van der Waals surface area contributed by atoms with Crippen LogP contribution in [-0.4, -0.2) is 29.5 Å². The van der Waals surface area contributed by atoms with Gasteiger partial charge in [-0.25, -0.2) is 0 Å². The van der Waals surface area contributed by atoms with E-state index < -0.39 is 0 Å². The fourth-order valence-corrected chi connectivity index (χ4v) is 0.941. The lowest BCUT2D eigenvalue weighted by atomic mass is 10.4. The summed E-state index contributed by atoms with van der Waals surface area (Å²) in [5.41, 5.74) is 0.509. The predicted octanol–water partition coefficient (Wildman–Crippen LogP) is 0.448. The molecule has 1 aromatic rings. The van der Waals surface area contributed by atoms with Crippen molar-refractivity contribution in [3.63, 3.8) is 0 Å². The van der Waals surface area contributed by atoms with Crippen LogP contribution in [0.3, 0.4) is 0 Å². The van der Waals surface area contributed by atoms with E-state index in [1.165, 1.54) is 4.90 Å². The van der Waals surface area contributed by atoms with Crippen molar-refractivity contribution in [3.8, 4) is 6.07 Å². The van der Waals surface area contributed by atoms with Crippen LogP contribution in [0.4, 0.5) is 0 Å². The molecule has 0 radical (unpaired) electrons. The summed E-state index contributed by atoms with van der Waals surface area (Å²) in [7, 11) is 3.38. The quantitative estimate of drug-likeness (QED) is 0.658. The number of nitriles is 1. The lowest BCUT2D eigenvalue weighted by Gasteiger charge is -2.10. The second-order valence-electron chi connectivity index (χ2n) is 2.92. The fourth-order valence-electron chi connectivity index (χ4n) is 0.941. The molecule has 0 fully saturated rings. The topological polar surface area (TPSA) is 49.0 Å². The number of likely N-dealkylation sites (N-methyl/N-ethyl adjacent to an activating group) is 1. The first-order chi connectivity index (χ1) is 6.15. The van der Waals surface area contributed by atoms with Crippen molar-refractivity contribution < 1.29 is 4.79 Å². The van der Waals surface area contributed by atoms with Gasteiger partial charge in [-0.05, 0) is 12.1 Å². The van der Waals surface area contributed by atoms with Crippen LogP contribution < -0.4 is 0 Å². The molecule has 0 saturated heterocycles. The lowest BCUT2D eigenvalue weighted by Crippen LogP contribution is -2.26. The summed E-state index contributed by atoms with van der Waals surface area (Å²) < 4.78 is 1.63. The summed E-state index contributed by atoms with van der Waals surface area (Å²) in [6.07, 6.45) is 1.72. The number of nitrogens with zero attached hydrogens (tertiary/aromatic N) is 3. The highest BCUT2D eigenvalue weighted by Gasteiger charge is 2.06. The van der Waals surface area contributed by atoms with Crippen LogP contribution in [0.25, 0.3) is 0 Å². The molecule has 0 atom stereocenters. The smallest absolute Gasteiger partial charge is 0.242 e. The summed E-state index contributed by atoms with van der Waals surface area (Å²) in [6.45, 7) is 0.225. The Morgan fingerprint density at radius 3 is 2.92 bits per heavy atom. The van der Waals surface area contributed by atoms with E-state index in [1.807, 2.05) is 6.07 Å². The van der Waals surface area contributed by atoms with E-state index >= 15 is 0 Å². The van der Waals surface area contributed by atoms with Crippen molar-refractivity contribution in [2.45, 2.75) is 6.54 Å². The number of carbonyl (C=O) groups is 1. The van der Waals surface area contributed by atoms with Gasteiger partial charge in [0.2, 0.25) is 5.91 Å². The third-order valence-corrected chi connectivity index (χ3v) is 1.75. The summed E-state index contributed by atoms with van der Waals surface area (Å²) in [5.74, 6) is -0.0206. The van der Waals surface area contributed by atoms with Gasteiger partial charge in [-0.3, -0.25) is 4.79 Å². The zero-order chi connectivity index (χ0) is 9.84. The number of rotatable bonds is 2. The predicted molar refractivity (Wildman–Crippen MR) is 47.8 cm³/mol. The largest absolute Gasteiger partial charge is 0.347 e. The number of amides is 1. The summed E-state index contributed by atoms with van der Waals surface area (Å²) in [6, 6.07) is 5.45. The highest BCUT2D eigenvalue weighted by molar-refractivity contribution is 5.75. The molecule has 13 heavy (non-hydrogen) atoms. The Kier molecular flexibility index (Phi) is 2.70. The van der Waals surface area contributed by atoms with Crippen molar-refractivity contribution in [2.24, 2.45) is 0 Å². The lowest BCUT2D eigenvalue weighted by molar-refractivity contribution is -0.129. The van der Waals surface area contributed by atoms with Gasteiger partial charge in [0.05, 0.1) is 0 Å². The molecule has 1 heterocycles. The molecule has 0 spiro atoms. The Hall–Kier alpha value is -1.76. The van der Waals surface area contributed by atoms with E-state index in [0.717, 1.165) is 0 Å². The second-order valence-corrected chi connectivity index (χ2v) is 2.92. The molecule has 0 aliphatic heterocycles. The summed E-state index contributed by atoms with van der Waals surface area (Å²) in [4.78, 5) is 12.8. The Bertz CT molecular complexity index is 346. The molecule has 0 bridgehead atoms. The van der Waals surface area contributed by atoms with Gasteiger partial charge in [0.1, 0.15) is 18.3 Å². The van der Waals surface area contributed by atoms with E-state index in [-0.39, 0.29) is 12.5 Å². The SMILES string of the molecule is CN(C)C(=O)Cn1cccc1C#N. The van der Waals surface area contributed by atoms with Crippen LogP contribution >= 0.6 is 0 Å².